The summed E-state index contributed by atoms with van der Waals surface area (Å²) in [5, 5.41) is 11.7. The van der Waals surface area contributed by atoms with Gasteiger partial charge in [0.15, 0.2) is 0 Å². The van der Waals surface area contributed by atoms with Gasteiger partial charge in [0.1, 0.15) is 12.2 Å². The number of carbonyl (C=O) groups excluding carboxylic acids is 2. The molecule has 1 amide bonds. The highest BCUT2D eigenvalue weighted by Crippen LogP contribution is 2.10. The van der Waals surface area contributed by atoms with Gasteiger partial charge in [-0.25, -0.2) is 4.79 Å². The van der Waals surface area contributed by atoms with Crippen molar-refractivity contribution in [3.8, 4) is 0 Å². The van der Waals surface area contributed by atoms with Crippen LogP contribution in [0.4, 0.5) is 4.79 Å². The van der Waals surface area contributed by atoms with Crippen molar-refractivity contribution in [3.05, 3.63) is 0 Å². The molecule has 0 radical (unpaired) electrons. The summed E-state index contributed by atoms with van der Waals surface area (Å²) in [6.07, 6.45) is -0.666. The molecule has 0 aromatic heterocycles. The van der Waals surface area contributed by atoms with E-state index in [0.717, 1.165) is 0 Å². The second kappa shape index (κ2) is 5.86. The fourth-order valence-electron chi connectivity index (χ4n) is 0.932. The van der Waals surface area contributed by atoms with Crippen LogP contribution >= 0.6 is 0 Å². The van der Waals surface area contributed by atoms with Gasteiger partial charge in [-0.05, 0) is 27.7 Å². The minimum absolute atomic E-state index is 0.113. The Bertz CT molecular complexity index is 284. The molecule has 0 rings (SSSR count). The van der Waals surface area contributed by atoms with Crippen molar-refractivity contribution in [1.29, 1.82) is 0 Å². The number of esters is 1. The molecule has 0 saturated heterocycles. The van der Waals surface area contributed by atoms with Gasteiger partial charge < -0.3 is 19.9 Å². The van der Waals surface area contributed by atoms with Gasteiger partial charge in [-0.1, -0.05) is 0 Å². The zero-order valence-electron chi connectivity index (χ0n) is 11.0. The Labute approximate surface area is 101 Å². The number of hydrogen-bond acceptors (Lipinski definition) is 5. The van der Waals surface area contributed by atoms with Crippen molar-refractivity contribution in [1.82, 2.24) is 5.32 Å². The largest absolute Gasteiger partial charge is 0.463 e. The van der Waals surface area contributed by atoms with Crippen LogP contribution in [0.25, 0.3) is 0 Å². The van der Waals surface area contributed by atoms with Gasteiger partial charge in [-0.3, -0.25) is 4.79 Å². The van der Waals surface area contributed by atoms with Crippen molar-refractivity contribution in [2.45, 2.75) is 45.8 Å². The van der Waals surface area contributed by atoms with Gasteiger partial charge in [0.2, 0.25) is 0 Å². The average molecular weight is 247 g/mol. The van der Waals surface area contributed by atoms with Crippen LogP contribution < -0.4 is 5.32 Å². The lowest BCUT2D eigenvalue weighted by Gasteiger charge is -2.29. The highest BCUT2D eigenvalue weighted by molar-refractivity contribution is 5.69. The minimum atomic E-state index is -1.05. The predicted molar refractivity (Wildman–Crippen MR) is 61.5 cm³/mol. The van der Waals surface area contributed by atoms with E-state index in [4.69, 9.17) is 9.47 Å². The molecule has 100 valence electrons. The number of hydrogen-bond donors (Lipinski definition) is 2. The summed E-state index contributed by atoms with van der Waals surface area (Å²) in [7, 11) is 0. The number of amides is 1. The molecule has 1 unspecified atom stereocenters. The first-order valence-corrected chi connectivity index (χ1v) is 5.33. The van der Waals surface area contributed by atoms with E-state index in [1.54, 1.807) is 27.7 Å². The van der Waals surface area contributed by atoms with Crippen LogP contribution in [0.5, 0.6) is 0 Å². The molecular formula is C11H21NO5. The summed E-state index contributed by atoms with van der Waals surface area (Å²) < 4.78 is 9.80. The fourth-order valence-corrected chi connectivity index (χ4v) is 0.932. The van der Waals surface area contributed by atoms with Gasteiger partial charge in [0, 0.05) is 6.92 Å². The first-order valence-electron chi connectivity index (χ1n) is 5.33. The molecule has 0 aromatic rings. The Kier molecular flexibility index (Phi) is 5.41. The van der Waals surface area contributed by atoms with Crippen molar-refractivity contribution in [2.75, 3.05) is 13.2 Å². The summed E-state index contributed by atoms with van der Waals surface area (Å²) in [6, 6.07) is 0. The third-order valence-electron chi connectivity index (χ3n) is 1.75. The highest BCUT2D eigenvalue weighted by Gasteiger charge is 2.29. The Hall–Kier alpha value is -1.30. The molecule has 0 spiro atoms. The molecule has 0 fully saturated rings. The molecule has 1 atom stereocenters. The number of ether oxygens (including phenoxy) is 2. The fraction of sp³-hybridized carbons (Fsp3) is 0.818. The third kappa shape index (κ3) is 7.57. The van der Waals surface area contributed by atoms with Crippen molar-refractivity contribution in [2.24, 2.45) is 0 Å². The van der Waals surface area contributed by atoms with Crippen LogP contribution in [0.3, 0.4) is 0 Å². The number of alkyl carbamates (subject to hydrolysis) is 1. The molecule has 0 heterocycles. The number of nitrogens with one attached hydrogen (secondary N) is 1. The molecule has 0 saturated carbocycles. The van der Waals surface area contributed by atoms with E-state index in [1.165, 1.54) is 6.92 Å². The van der Waals surface area contributed by atoms with E-state index in [-0.39, 0.29) is 13.2 Å². The zero-order valence-corrected chi connectivity index (χ0v) is 11.0. The number of aliphatic hydroxyl groups excluding tert-OH is 1. The van der Waals surface area contributed by atoms with Crippen LogP contribution in [-0.4, -0.2) is 41.5 Å². The van der Waals surface area contributed by atoms with E-state index in [0.29, 0.717) is 0 Å². The second-order valence-electron chi connectivity index (χ2n) is 5.13. The summed E-state index contributed by atoms with van der Waals surface area (Å²) in [5.74, 6) is -0.476. The zero-order chi connectivity index (χ0) is 13.7. The van der Waals surface area contributed by atoms with Gasteiger partial charge in [0.25, 0.3) is 0 Å². The third-order valence-corrected chi connectivity index (χ3v) is 1.75. The predicted octanol–water partition coefficient (Wildman–Crippen LogP) is 0.825. The number of aliphatic hydroxyl groups is 1. The van der Waals surface area contributed by atoms with E-state index in [1.807, 2.05) is 0 Å². The Morgan fingerprint density at radius 2 is 1.76 bits per heavy atom. The molecule has 6 nitrogen and oxygen atoms in total. The topological polar surface area (TPSA) is 84.9 Å². The lowest BCUT2D eigenvalue weighted by Crippen LogP contribution is -2.53. The minimum Gasteiger partial charge on any atom is -0.463 e. The highest BCUT2D eigenvalue weighted by atomic mass is 16.6. The second-order valence-corrected chi connectivity index (χ2v) is 5.13. The van der Waals surface area contributed by atoms with Crippen LogP contribution in [-0.2, 0) is 14.3 Å². The standard InChI is InChI=1S/C11H21NO5/c1-8(14)16-7-11(5,6-13)12-9(15)17-10(2,3)4/h13H,6-7H2,1-5H3,(H,12,15). The SMILES string of the molecule is CC(=O)OCC(C)(CO)NC(=O)OC(C)(C)C. The molecule has 0 aliphatic carbocycles. The van der Waals surface area contributed by atoms with E-state index >= 15 is 0 Å². The summed E-state index contributed by atoms with van der Waals surface area (Å²) in [5.41, 5.74) is -1.67. The van der Waals surface area contributed by atoms with Crippen LogP contribution in [0.2, 0.25) is 0 Å². The molecule has 0 bridgehead atoms. The molecule has 2 N–H and O–H groups in total. The first-order chi connectivity index (χ1) is 7.58. The maximum atomic E-state index is 11.5. The maximum absolute atomic E-state index is 11.5. The van der Waals surface area contributed by atoms with Gasteiger partial charge >= 0.3 is 12.1 Å². The van der Waals surface area contributed by atoms with Crippen molar-refractivity contribution < 1.29 is 24.2 Å². The normalized spacial score (nSPS) is 14.7. The van der Waals surface area contributed by atoms with Crippen molar-refractivity contribution >= 4 is 12.1 Å². The first kappa shape index (κ1) is 15.7. The molecule has 0 aromatic carbocycles. The summed E-state index contributed by atoms with van der Waals surface area (Å²) in [4.78, 5) is 22.2. The van der Waals surface area contributed by atoms with Gasteiger partial charge in [0.05, 0.1) is 12.1 Å². The smallest absolute Gasteiger partial charge is 0.408 e. The number of carbonyl (C=O) groups is 2. The van der Waals surface area contributed by atoms with Crippen LogP contribution in [0, 0.1) is 0 Å². The van der Waals surface area contributed by atoms with E-state index < -0.39 is 23.2 Å². The lowest BCUT2D eigenvalue weighted by atomic mass is 10.1. The van der Waals surface area contributed by atoms with E-state index in [2.05, 4.69) is 5.32 Å². The van der Waals surface area contributed by atoms with Crippen LogP contribution in [0.1, 0.15) is 34.6 Å². The van der Waals surface area contributed by atoms with Gasteiger partial charge in [-0.15, -0.1) is 0 Å². The maximum Gasteiger partial charge on any atom is 0.408 e. The van der Waals surface area contributed by atoms with E-state index in [9.17, 15) is 14.7 Å². The average Bonchev–Trinajstić information content (AvgIpc) is 2.11. The summed E-state index contributed by atoms with van der Waals surface area (Å²) in [6.45, 7) is 7.53. The summed E-state index contributed by atoms with van der Waals surface area (Å²) >= 11 is 0. The Balaban J connectivity index is 4.37. The lowest BCUT2D eigenvalue weighted by molar-refractivity contribution is -0.143. The molecule has 0 aliphatic heterocycles. The Morgan fingerprint density at radius 3 is 2.12 bits per heavy atom. The molecule has 17 heavy (non-hydrogen) atoms. The Morgan fingerprint density at radius 1 is 1.24 bits per heavy atom. The monoisotopic (exact) mass is 247 g/mol. The quantitative estimate of drug-likeness (QED) is 0.719. The van der Waals surface area contributed by atoms with Gasteiger partial charge in [-0.2, -0.15) is 0 Å². The molecule has 6 heteroatoms. The van der Waals surface area contributed by atoms with Crippen molar-refractivity contribution in [3.63, 3.8) is 0 Å². The number of rotatable bonds is 4. The molecule has 0 aliphatic rings. The van der Waals surface area contributed by atoms with Crippen LogP contribution in [0.15, 0.2) is 0 Å². The molecular weight excluding hydrogens is 226 g/mol.